The zero-order valence-corrected chi connectivity index (χ0v) is 12.0. The number of amides is 3. The first-order valence-electron chi connectivity index (χ1n) is 6.32. The van der Waals surface area contributed by atoms with E-state index in [9.17, 15) is 14.4 Å². The number of hydrogen-bond acceptors (Lipinski definition) is 4. The number of thiophene rings is 1. The number of urea groups is 1. The van der Waals surface area contributed by atoms with Crippen LogP contribution in [0, 0.1) is 0 Å². The Kier molecular flexibility index (Phi) is 6.72. The number of imide groups is 1. The summed E-state index contributed by atoms with van der Waals surface area (Å²) >= 11 is 1.61. The maximum atomic E-state index is 11.5. The number of carboxylic acid groups (broad SMARTS) is 1. The molecule has 1 unspecified atom stereocenters. The van der Waals surface area contributed by atoms with Gasteiger partial charge in [-0.05, 0) is 24.8 Å². The van der Waals surface area contributed by atoms with Crippen molar-refractivity contribution in [1.82, 2.24) is 10.6 Å². The summed E-state index contributed by atoms with van der Waals surface area (Å²) in [5.41, 5.74) is 0. The number of carbonyl (C=O) groups excluding carboxylic acids is 2. The Labute approximate surface area is 121 Å². The highest BCUT2D eigenvalue weighted by atomic mass is 32.1. The third-order valence-corrected chi connectivity index (χ3v) is 3.41. The molecule has 0 aliphatic heterocycles. The minimum Gasteiger partial charge on any atom is -0.481 e. The van der Waals surface area contributed by atoms with Crippen LogP contribution in [0.25, 0.3) is 0 Å². The van der Waals surface area contributed by atoms with Gasteiger partial charge in [-0.2, -0.15) is 0 Å². The number of hydrogen-bond donors (Lipinski definition) is 3. The summed E-state index contributed by atoms with van der Waals surface area (Å²) in [4.78, 5) is 34.4. The summed E-state index contributed by atoms with van der Waals surface area (Å²) in [6.07, 6.45) is 0.875. The van der Waals surface area contributed by atoms with Crippen LogP contribution in [0.5, 0.6) is 0 Å². The van der Waals surface area contributed by atoms with Gasteiger partial charge in [-0.25, -0.2) is 4.79 Å². The lowest BCUT2D eigenvalue weighted by molar-refractivity contribution is -0.137. The van der Waals surface area contributed by atoms with E-state index in [2.05, 4.69) is 10.6 Å². The van der Waals surface area contributed by atoms with Crippen LogP contribution in [0.1, 0.15) is 31.1 Å². The van der Waals surface area contributed by atoms with Gasteiger partial charge in [-0.1, -0.05) is 6.07 Å². The smallest absolute Gasteiger partial charge is 0.321 e. The lowest BCUT2D eigenvalue weighted by atomic mass is 10.2. The topological polar surface area (TPSA) is 95.5 Å². The summed E-state index contributed by atoms with van der Waals surface area (Å²) < 4.78 is 0. The lowest BCUT2D eigenvalue weighted by Gasteiger charge is -2.13. The number of aliphatic carboxylic acids is 1. The van der Waals surface area contributed by atoms with Crippen LogP contribution in [-0.2, 0) is 16.0 Å². The second kappa shape index (κ2) is 8.31. The molecule has 1 rings (SSSR count). The SMILES string of the molecule is CC(Cc1cccs1)NC(=O)NC(=O)CCCC(=O)O. The molecular formula is C13H18N2O4S. The van der Waals surface area contributed by atoms with Crippen LogP contribution in [0.3, 0.4) is 0 Å². The van der Waals surface area contributed by atoms with Crippen molar-refractivity contribution in [1.29, 1.82) is 0 Å². The first kappa shape index (κ1) is 16.2. The predicted molar refractivity (Wildman–Crippen MR) is 75.6 cm³/mol. The quantitative estimate of drug-likeness (QED) is 0.714. The Hall–Kier alpha value is -1.89. The normalized spacial score (nSPS) is 11.7. The molecule has 0 saturated heterocycles. The molecule has 110 valence electrons. The maximum absolute atomic E-state index is 11.5. The fourth-order valence-electron chi connectivity index (χ4n) is 1.63. The van der Waals surface area contributed by atoms with Crippen LogP contribution < -0.4 is 10.6 Å². The second-order valence-corrected chi connectivity index (χ2v) is 5.49. The van der Waals surface area contributed by atoms with Crippen molar-refractivity contribution in [2.75, 3.05) is 0 Å². The van der Waals surface area contributed by atoms with Crippen molar-refractivity contribution in [3.8, 4) is 0 Å². The molecule has 3 N–H and O–H groups in total. The molecule has 6 nitrogen and oxygen atoms in total. The molecule has 0 radical (unpaired) electrons. The van der Waals surface area contributed by atoms with E-state index in [4.69, 9.17) is 5.11 Å². The van der Waals surface area contributed by atoms with Gasteiger partial charge in [-0.3, -0.25) is 14.9 Å². The third kappa shape index (κ3) is 6.89. The van der Waals surface area contributed by atoms with Crippen LogP contribution in [0.15, 0.2) is 17.5 Å². The van der Waals surface area contributed by atoms with Gasteiger partial charge in [0.1, 0.15) is 0 Å². The molecule has 0 aromatic carbocycles. The van der Waals surface area contributed by atoms with E-state index in [0.29, 0.717) is 6.42 Å². The minimum absolute atomic E-state index is 0.0268. The highest BCUT2D eigenvalue weighted by Gasteiger charge is 2.11. The molecule has 1 aromatic rings. The first-order chi connectivity index (χ1) is 9.47. The van der Waals surface area contributed by atoms with Gasteiger partial charge >= 0.3 is 12.0 Å². The van der Waals surface area contributed by atoms with Crippen molar-refractivity contribution in [2.24, 2.45) is 0 Å². The fraction of sp³-hybridized carbons (Fsp3) is 0.462. The number of carboxylic acids is 1. The van der Waals surface area contributed by atoms with E-state index >= 15 is 0 Å². The van der Waals surface area contributed by atoms with Crippen LogP contribution in [-0.4, -0.2) is 29.1 Å². The molecule has 0 aliphatic carbocycles. The van der Waals surface area contributed by atoms with E-state index in [0.717, 1.165) is 4.88 Å². The highest BCUT2D eigenvalue weighted by molar-refractivity contribution is 7.09. The van der Waals surface area contributed by atoms with Gasteiger partial charge in [0.15, 0.2) is 0 Å². The van der Waals surface area contributed by atoms with E-state index in [1.165, 1.54) is 0 Å². The molecule has 0 bridgehead atoms. The van der Waals surface area contributed by atoms with Gasteiger partial charge in [0.25, 0.3) is 0 Å². The van der Waals surface area contributed by atoms with Gasteiger partial charge in [0, 0.05) is 30.2 Å². The Balaban J connectivity index is 2.21. The van der Waals surface area contributed by atoms with E-state index in [1.807, 2.05) is 24.4 Å². The Morgan fingerprint density at radius 2 is 2.10 bits per heavy atom. The average molecular weight is 298 g/mol. The first-order valence-corrected chi connectivity index (χ1v) is 7.20. The standard InChI is InChI=1S/C13H18N2O4S/c1-9(8-10-4-3-7-20-10)14-13(19)15-11(16)5-2-6-12(17)18/h3-4,7,9H,2,5-6,8H2,1H3,(H,17,18)(H2,14,15,16,19). The van der Waals surface area contributed by atoms with Gasteiger partial charge in [0.05, 0.1) is 0 Å². The Bertz CT molecular complexity index is 459. The molecule has 1 heterocycles. The van der Waals surface area contributed by atoms with Gasteiger partial charge < -0.3 is 10.4 Å². The van der Waals surface area contributed by atoms with Crippen molar-refractivity contribution in [3.63, 3.8) is 0 Å². The van der Waals surface area contributed by atoms with Crippen molar-refractivity contribution >= 4 is 29.2 Å². The second-order valence-electron chi connectivity index (χ2n) is 4.45. The molecule has 0 aliphatic rings. The highest BCUT2D eigenvalue weighted by Crippen LogP contribution is 2.10. The fourth-order valence-corrected chi connectivity index (χ4v) is 2.47. The largest absolute Gasteiger partial charge is 0.481 e. The van der Waals surface area contributed by atoms with E-state index in [-0.39, 0.29) is 25.3 Å². The monoisotopic (exact) mass is 298 g/mol. The summed E-state index contributed by atoms with van der Waals surface area (Å²) in [5, 5.41) is 15.3. The lowest BCUT2D eigenvalue weighted by Crippen LogP contribution is -2.44. The average Bonchev–Trinajstić information content (AvgIpc) is 2.80. The molecule has 1 aromatic heterocycles. The minimum atomic E-state index is -0.952. The molecule has 0 fully saturated rings. The predicted octanol–water partition coefficient (Wildman–Crippen LogP) is 1.76. The Morgan fingerprint density at radius 3 is 2.70 bits per heavy atom. The Morgan fingerprint density at radius 1 is 1.35 bits per heavy atom. The molecule has 7 heteroatoms. The zero-order chi connectivity index (χ0) is 15.0. The number of nitrogens with one attached hydrogen (secondary N) is 2. The van der Waals surface area contributed by atoms with E-state index in [1.54, 1.807) is 11.3 Å². The maximum Gasteiger partial charge on any atom is 0.321 e. The molecule has 20 heavy (non-hydrogen) atoms. The van der Waals surface area contributed by atoms with Gasteiger partial charge in [-0.15, -0.1) is 11.3 Å². The summed E-state index contributed by atoms with van der Waals surface area (Å²) in [6.45, 7) is 1.86. The van der Waals surface area contributed by atoms with Crippen LogP contribution >= 0.6 is 11.3 Å². The molecule has 3 amide bonds. The molecular weight excluding hydrogens is 280 g/mol. The summed E-state index contributed by atoms with van der Waals surface area (Å²) in [6, 6.07) is 3.30. The van der Waals surface area contributed by atoms with Gasteiger partial charge in [0.2, 0.25) is 5.91 Å². The molecule has 0 spiro atoms. The van der Waals surface area contributed by atoms with Crippen LogP contribution in [0.4, 0.5) is 4.79 Å². The van der Waals surface area contributed by atoms with Crippen molar-refractivity contribution < 1.29 is 19.5 Å². The summed E-state index contributed by atoms with van der Waals surface area (Å²) in [7, 11) is 0. The zero-order valence-electron chi connectivity index (χ0n) is 11.2. The van der Waals surface area contributed by atoms with E-state index < -0.39 is 17.9 Å². The van der Waals surface area contributed by atoms with Crippen molar-refractivity contribution in [3.05, 3.63) is 22.4 Å². The number of carbonyl (C=O) groups is 3. The summed E-state index contributed by atoms with van der Waals surface area (Å²) in [5.74, 6) is -1.42. The van der Waals surface area contributed by atoms with Crippen LogP contribution in [0.2, 0.25) is 0 Å². The third-order valence-electron chi connectivity index (χ3n) is 2.51. The number of rotatable bonds is 7. The molecule has 1 atom stereocenters. The molecule has 0 saturated carbocycles. The van der Waals surface area contributed by atoms with Crippen molar-refractivity contribution in [2.45, 2.75) is 38.6 Å².